The highest BCUT2D eigenvalue weighted by atomic mass is 35.5. The standard InChI is InChI=1S/C19H25ClN6O/c1-13-8-14(5-6-17(13)20)10-22-19(27)25(2)16-4-3-7-26(12-16)18-9-15(21)11-23-24-18/h5-6,8-9,11,16H,3-4,7,10,12H2,1-2H3,(H2,21,24)(H,22,27)/t16-/m1/s1. The van der Waals surface area contributed by atoms with Gasteiger partial charge in [-0.2, -0.15) is 5.10 Å². The number of hydrogen-bond acceptors (Lipinski definition) is 5. The molecule has 0 saturated carbocycles. The molecule has 0 unspecified atom stereocenters. The van der Waals surface area contributed by atoms with Crippen LogP contribution in [0, 0.1) is 6.92 Å². The Balaban J connectivity index is 1.58. The molecule has 7 nitrogen and oxygen atoms in total. The SMILES string of the molecule is Cc1cc(CNC(=O)N(C)[C@@H]2CCCN(c3cc(N)cnn3)C2)ccc1Cl. The van der Waals surface area contributed by atoms with Gasteiger partial charge in [-0.05, 0) is 37.0 Å². The molecule has 1 atom stereocenters. The van der Waals surface area contributed by atoms with Gasteiger partial charge in [-0.25, -0.2) is 4.79 Å². The molecule has 1 aromatic heterocycles. The van der Waals surface area contributed by atoms with Crippen LogP contribution in [0.15, 0.2) is 30.5 Å². The number of hydrogen-bond donors (Lipinski definition) is 2. The van der Waals surface area contributed by atoms with Crippen LogP contribution in [-0.4, -0.2) is 47.3 Å². The van der Waals surface area contributed by atoms with E-state index >= 15 is 0 Å². The lowest BCUT2D eigenvalue weighted by Gasteiger charge is -2.38. The first-order chi connectivity index (χ1) is 12.9. The van der Waals surface area contributed by atoms with E-state index < -0.39 is 0 Å². The average molecular weight is 389 g/mol. The molecular weight excluding hydrogens is 364 g/mol. The van der Waals surface area contributed by atoms with Gasteiger partial charge in [-0.3, -0.25) is 0 Å². The fourth-order valence-electron chi connectivity index (χ4n) is 3.29. The average Bonchev–Trinajstić information content (AvgIpc) is 2.68. The summed E-state index contributed by atoms with van der Waals surface area (Å²) in [4.78, 5) is 16.5. The molecule has 1 aromatic carbocycles. The predicted molar refractivity (Wildman–Crippen MR) is 108 cm³/mol. The Bertz CT molecular complexity index is 815. The van der Waals surface area contributed by atoms with Crippen molar-refractivity contribution in [2.24, 2.45) is 0 Å². The summed E-state index contributed by atoms with van der Waals surface area (Å²) in [7, 11) is 1.83. The molecule has 1 aliphatic heterocycles. The Kier molecular flexibility index (Phi) is 6.01. The molecule has 1 fully saturated rings. The van der Waals surface area contributed by atoms with E-state index in [4.69, 9.17) is 17.3 Å². The van der Waals surface area contributed by atoms with Gasteiger partial charge in [0.05, 0.1) is 17.9 Å². The molecule has 2 amide bonds. The Morgan fingerprint density at radius 1 is 1.44 bits per heavy atom. The number of carbonyl (C=O) groups excluding carboxylic acids is 1. The molecular formula is C19H25ClN6O. The van der Waals surface area contributed by atoms with Gasteiger partial charge in [-0.15, -0.1) is 5.10 Å². The van der Waals surface area contributed by atoms with Crippen LogP contribution in [0.3, 0.4) is 0 Å². The van der Waals surface area contributed by atoms with Crippen LogP contribution in [0.4, 0.5) is 16.3 Å². The maximum Gasteiger partial charge on any atom is 0.317 e. The van der Waals surface area contributed by atoms with Crippen LogP contribution in [-0.2, 0) is 6.54 Å². The van der Waals surface area contributed by atoms with E-state index in [9.17, 15) is 4.79 Å². The van der Waals surface area contributed by atoms with Gasteiger partial charge in [-0.1, -0.05) is 23.7 Å². The molecule has 0 aliphatic carbocycles. The number of carbonyl (C=O) groups is 1. The third-order valence-corrected chi connectivity index (χ3v) is 5.34. The van der Waals surface area contributed by atoms with Gasteiger partial charge >= 0.3 is 6.03 Å². The lowest BCUT2D eigenvalue weighted by molar-refractivity contribution is 0.182. The van der Waals surface area contributed by atoms with Crippen molar-refractivity contribution in [2.45, 2.75) is 32.4 Å². The number of anilines is 2. The number of aryl methyl sites for hydroxylation is 1. The van der Waals surface area contributed by atoms with E-state index in [0.717, 1.165) is 41.4 Å². The summed E-state index contributed by atoms with van der Waals surface area (Å²) >= 11 is 6.05. The third kappa shape index (κ3) is 4.80. The molecule has 1 saturated heterocycles. The zero-order valence-electron chi connectivity index (χ0n) is 15.7. The molecule has 3 rings (SSSR count). The molecule has 144 valence electrons. The van der Waals surface area contributed by atoms with Crippen LogP contribution in [0.1, 0.15) is 24.0 Å². The number of nitrogen functional groups attached to an aromatic ring is 1. The van der Waals surface area contributed by atoms with Gasteiger partial charge < -0.3 is 20.9 Å². The summed E-state index contributed by atoms with van der Waals surface area (Å²) in [5, 5.41) is 11.8. The molecule has 0 radical (unpaired) electrons. The second-order valence-electron chi connectivity index (χ2n) is 6.94. The molecule has 1 aliphatic rings. The zero-order chi connectivity index (χ0) is 19.4. The van der Waals surface area contributed by atoms with E-state index in [2.05, 4.69) is 20.4 Å². The summed E-state index contributed by atoms with van der Waals surface area (Å²) in [5.74, 6) is 0.755. The number of halogens is 1. The highest BCUT2D eigenvalue weighted by molar-refractivity contribution is 6.31. The number of rotatable bonds is 4. The number of urea groups is 1. The third-order valence-electron chi connectivity index (χ3n) is 4.92. The van der Waals surface area contributed by atoms with Crippen molar-refractivity contribution in [3.63, 3.8) is 0 Å². The van der Waals surface area contributed by atoms with Crippen LogP contribution >= 0.6 is 11.6 Å². The van der Waals surface area contributed by atoms with Crippen molar-refractivity contribution in [3.8, 4) is 0 Å². The highest BCUT2D eigenvalue weighted by Crippen LogP contribution is 2.21. The van der Waals surface area contributed by atoms with Gasteiger partial charge in [0.1, 0.15) is 0 Å². The van der Waals surface area contributed by atoms with Crippen LogP contribution in [0.2, 0.25) is 5.02 Å². The number of aromatic nitrogens is 2. The first-order valence-electron chi connectivity index (χ1n) is 9.03. The van der Waals surface area contributed by atoms with E-state index in [1.54, 1.807) is 4.90 Å². The first-order valence-corrected chi connectivity index (χ1v) is 9.40. The summed E-state index contributed by atoms with van der Waals surface area (Å²) in [6, 6.07) is 7.60. The number of nitrogens with one attached hydrogen (secondary N) is 1. The molecule has 2 heterocycles. The molecule has 0 spiro atoms. The van der Waals surface area contributed by atoms with Crippen LogP contribution in [0.25, 0.3) is 0 Å². The Morgan fingerprint density at radius 3 is 3.00 bits per heavy atom. The van der Waals surface area contributed by atoms with Crippen molar-refractivity contribution in [1.82, 2.24) is 20.4 Å². The number of nitrogens with two attached hydrogens (primary N) is 1. The normalized spacial score (nSPS) is 16.9. The zero-order valence-corrected chi connectivity index (χ0v) is 16.4. The smallest absolute Gasteiger partial charge is 0.317 e. The highest BCUT2D eigenvalue weighted by Gasteiger charge is 2.27. The number of piperidine rings is 1. The van der Waals surface area contributed by atoms with E-state index in [0.29, 0.717) is 18.8 Å². The molecule has 3 N–H and O–H groups in total. The van der Waals surface area contributed by atoms with Gasteiger partial charge in [0.2, 0.25) is 0 Å². The number of benzene rings is 1. The second kappa shape index (κ2) is 8.43. The number of likely N-dealkylation sites (N-methyl/N-ethyl adjacent to an activating group) is 1. The Morgan fingerprint density at radius 2 is 2.26 bits per heavy atom. The Labute approximate surface area is 164 Å². The lowest BCUT2D eigenvalue weighted by Crippen LogP contribution is -2.51. The largest absolute Gasteiger partial charge is 0.397 e. The van der Waals surface area contributed by atoms with E-state index in [1.807, 2.05) is 38.2 Å². The topological polar surface area (TPSA) is 87.4 Å². The van der Waals surface area contributed by atoms with Crippen molar-refractivity contribution < 1.29 is 4.79 Å². The minimum Gasteiger partial charge on any atom is -0.397 e. The summed E-state index contributed by atoms with van der Waals surface area (Å²) < 4.78 is 0. The molecule has 27 heavy (non-hydrogen) atoms. The van der Waals surface area contributed by atoms with Crippen molar-refractivity contribution in [3.05, 3.63) is 46.6 Å². The number of amides is 2. The molecule has 8 heteroatoms. The van der Waals surface area contributed by atoms with E-state index in [-0.39, 0.29) is 12.1 Å². The Hall–Kier alpha value is -2.54. The summed E-state index contributed by atoms with van der Waals surface area (Å²) in [6.45, 7) is 4.02. The van der Waals surface area contributed by atoms with Crippen molar-refractivity contribution in [1.29, 1.82) is 0 Å². The van der Waals surface area contributed by atoms with Crippen molar-refractivity contribution >= 4 is 29.1 Å². The van der Waals surface area contributed by atoms with Crippen molar-refractivity contribution in [2.75, 3.05) is 30.8 Å². The first kappa shape index (κ1) is 19.2. The molecule has 0 bridgehead atoms. The van der Waals surface area contributed by atoms with Gasteiger partial charge in [0.25, 0.3) is 0 Å². The molecule has 2 aromatic rings. The van der Waals surface area contributed by atoms with Gasteiger partial charge in [0, 0.05) is 37.8 Å². The maximum atomic E-state index is 12.6. The maximum absolute atomic E-state index is 12.6. The monoisotopic (exact) mass is 388 g/mol. The number of nitrogens with zero attached hydrogens (tertiary/aromatic N) is 4. The fraction of sp³-hybridized carbons (Fsp3) is 0.421. The van der Waals surface area contributed by atoms with Crippen LogP contribution in [0.5, 0.6) is 0 Å². The fourth-order valence-corrected chi connectivity index (χ4v) is 3.41. The minimum absolute atomic E-state index is 0.0897. The quantitative estimate of drug-likeness (QED) is 0.840. The lowest BCUT2D eigenvalue weighted by atomic mass is 10.0. The van der Waals surface area contributed by atoms with E-state index in [1.165, 1.54) is 6.20 Å². The summed E-state index contributed by atoms with van der Waals surface area (Å²) in [5.41, 5.74) is 8.43. The predicted octanol–water partition coefficient (Wildman–Crippen LogP) is 2.83. The van der Waals surface area contributed by atoms with Crippen LogP contribution < -0.4 is 16.0 Å². The second-order valence-corrected chi connectivity index (χ2v) is 7.35. The summed E-state index contributed by atoms with van der Waals surface area (Å²) in [6.07, 6.45) is 3.47. The minimum atomic E-state index is -0.0897. The van der Waals surface area contributed by atoms with Gasteiger partial charge in [0.15, 0.2) is 5.82 Å².